The molecule has 0 aliphatic rings. The number of benzene rings is 2. The van der Waals surface area contributed by atoms with Crippen LogP contribution < -0.4 is 4.74 Å². The average molecular weight is 366 g/mol. The molecule has 0 fully saturated rings. The normalized spacial score (nSPS) is 10.8. The standard InChI is InChI=1S/C19H14N2O4S/c1-23-14-8-6-12(7-9-14)18-20-17(21-25-18)11-24-19(22)16-10-13-4-2-3-5-15(13)26-16/h2-10H,11H2,1H3. The summed E-state index contributed by atoms with van der Waals surface area (Å²) >= 11 is 1.40. The molecule has 0 spiro atoms. The molecule has 0 atom stereocenters. The SMILES string of the molecule is COc1ccc(-c2nc(COC(=O)c3cc4ccccc4s3)no2)cc1. The van der Waals surface area contributed by atoms with Crippen molar-refractivity contribution < 1.29 is 18.8 Å². The van der Waals surface area contributed by atoms with E-state index in [1.807, 2.05) is 42.5 Å². The Morgan fingerprint density at radius 2 is 1.96 bits per heavy atom. The highest BCUT2D eigenvalue weighted by molar-refractivity contribution is 7.20. The molecule has 6 nitrogen and oxygen atoms in total. The number of rotatable bonds is 5. The highest BCUT2D eigenvalue weighted by Gasteiger charge is 2.14. The zero-order valence-corrected chi connectivity index (χ0v) is 14.7. The number of carbonyl (C=O) groups excluding carboxylic acids is 1. The van der Waals surface area contributed by atoms with E-state index in [4.69, 9.17) is 14.0 Å². The van der Waals surface area contributed by atoms with E-state index in [9.17, 15) is 4.79 Å². The molecule has 7 heteroatoms. The minimum atomic E-state index is -0.401. The van der Waals surface area contributed by atoms with Crippen LogP contribution in [0, 0.1) is 0 Å². The van der Waals surface area contributed by atoms with Gasteiger partial charge in [0.2, 0.25) is 5.82 Å². The van der Waals surface area contributed by atoms with Gasteiger partial charge in [-0.2, -0.15) is 4.98 Å². The second-order valence-corrected chi connectivity index (χ2v) is 6.55. The van der Waals surface area contributed by atoms with Crippen LogP contribution >= 0.6 is 11.3 Å². The number of nitrogens with zero attached hydrogens (tertiary/aromatic N) is 2. The van der Waals surface area contributed by atoms with E-state index >= 15 is 0 Å². The van der Waals surface area contributed by atoms with Crippen molar-refractivity contribution in [2.24, 2.45) is 0 Å². The van der Waals surface area contributed by atoms with Crippen LogP contribution in [-0.2, 0) is 11.3 Å². The fourth-order valence-electron chi connectivity index (χ4n) is 2.45. The number of thiophene rings is 1. The predicted octanol–water partition coefficient (Wildman–Crippen LogP) is 4.32. The first-order valence-corrected chi connectivity index (χ1v) is 8.67. The number of methoxy groups -OCH3 is 1. The third-order valence-corrected chi connectivity index (χ3v) is 4.86. The zero-order chi connectivity index (χ0) is 17.9. The zero-order valence-electron chi connectivity index (χ0n) is 13.8. The molecular formula is C19H14N2O4S. The molecule has 4 aromatic rings. The first-order chi connectivity index (χ1) is 12.7. The molecular weight excluding hydrogens is 352 g/mol. The van der Waals surface area contributed by atoms with Gasteiger partial charge in [-0.25, -0.2) is 4.79 Å². The second kappa shape index (κ2) is 6.97. The summed E-state index contributed by atoms with van der Waals surface area (Å²) < 4.78 is 16.7. The molecule has 0 aliphatic heterocycles. The summed E-state index contributed by atoms with van der Waals surface area (Å²) in [6.45, 7) is -0.0489. The fraction of sp³-hybridized carbons (Fsp3) is 0.105. The summed E-state index contributed by atoms with van der Waals surface area (Å²) in [6, 6.07) is 16.9. The van der Waals surface area contributed by atoms with E-state index in [-0.39, 0.29) is 6.61 Å². The van der Waals surface area contributed by atoms with E-state index in [2.05, 4.69) is 10.1 Å². The van der Waals surface area contributed by atoms with Crippen molar-refractivity contribution in [1.82, 2.24) is 10.1 Å². The van der Waals surface area contributed by atoms with E-state index in [0.29, 0.717) is 16.6 Å². The maximum Gasteiger partial charge on any atom is 0.348 e. The minimum Gasteiger partial charge on any atom is -0.497 e. The Morgan fingerprint density at radius 3 is 2.73 bits per heavy atom. The van der Waals surface area contributed by atoms with E-state index in [1.165, 1.54) is 11.3 Å². The van der Waals surface area contributed by atoms with Crippen molar-refractivity contribution in [3.8, 4) is 17.2 Å². The van der Waals surface area contributed by atoms with Crippen LogP contribution in [0.3, 0.4) is 0 Å². The monoisotopic (exact) mass is 366 g/mol. The van der Waals surface area contributed by atoms with Crippen LogP contribution in [-0.4, -0.2) is 23.2 Å². The molecule has 0 unspecified atom stereocenters. The molecule has 0 N–H and O–H groups in total. The van der Waals surface area contributed by atoms with Gasteiger partial charge in [0, 0.05) is 10.3 Å². The third-order valence-electron chi connectivity index (χ3n) is 3.76. The van der Waals surface area contributed by atoms with Gasteiger partial charge in [0.05, 0.1) is 7.11 Å². The van der Waals surface area contributed by atoms with Gasteiger partial charge >= 0.3 is 5.97 Å². The van der Waals surface area contributed by atoms with Crippen molar-refractivity contribution in [2.45, 2.75) is 6.61 Å². The van der Waals surface area contributed by atoms with Crippen LogP contribution in [0.2, 0.25) is 0 Å². The van der Waals surface area contributed by atoms with Crippen LogP contribution in [0.5, 0.6) is 5.75 Å². The molecule has 4 rings (SSSR count). The van der Waals surface area contributed by atoms with Gasteiger partial charge in [0.1, 0.15) is 10.6 Å². The molecule has 0 saturated carbocycles. The first kappa shape index (κ1) is 16.3. The van der Waals surface area contributed by atoms with Gasteiger partial charge < -0.3 is 14.0 Å². The van der Waals surface area contributed by atoms with Crippen molar-refractivity contribution in [3.05, 3.63) is 65.3 Å². The van der Waals surface area contributed by atoms with Crippen molar-refractivity contribution >= 4 is 27.4 Å². The van der Waals surface area contributed by atoms with Crippen molar-refractivity contribution in [2.75, 3.05) is 7.11 Å². The minimum absolute atomic E-state index is 0.0489. The molecule has 2 aromatic carbocycles. The largest absolute Gasteiger partial charge is 0.497 e. The number of esters is 1. The van der Waals surface area contributed by atoms with Gasteiger partial charge in [-0.3, -0.25) is 0 Å². The molecule has 2 aromatic heterocycles. The van der Waals surface area contributed by atoms with Gasteiger partial charge in [0.15, 0.2) is 6.61 Å². The molecule has 0 aliphatic carbocycles. The lowest BCUT2D eigenvalue weighted by atomic mass is 10.2. The quantitative estimate of drug-likeness (QED) is 0.490. The fourth-order valence-corrected chi connectivity index (χ4v) is 3.40. The van der Waals surface area contributed by atoms with Crippen molar-refractivity contribution in [1.29, 1.82) is 0 Å². The number of fused-ring (bicyclic) bond motifs is 1. The Kier molecular flexibility index (Phi) is 4.37. The van der Waals surface area contributed by atoms with E-state index in [0.717, 1.165) is 21.4 Å². The van der Waals surface area contributed by atoms with Crippen LogP contribution in [0.4, 0.5) is 0 Å². The highest BCUT2D eigenvalue weighted by Crippen LogP contribution is 2.26. The van der Waals surface area contributed by atoms with Crippen LogP contribution in [0.15, 0.2) is 59.1 Å². The molecule has 0 amide bonds. The Labute approximate surface area is 153 Å². The Bertz CT molecular complexity index is 1020. The topological polar surface area (TPSA) is 74.5 Å². The van der Waals surface area contributed by atoms with Crippen LogP contribution in [0.25, 0.3) is 21.5 Å². The summed E-state index contributed by atoms with van der Waals surface area (Å²) in [4.78, 5) is 17.0. The first-order valence-electron chi connectivity index (χ1n) is 7.85. The predicted molar refractivity (Wildman–Crippen MR) is 97.2 cm³/mol. The van der Waals surface area contributed by atoms with Gasteiger partial charge in [-0.15, -0.1) is 11.3 Å². The summed E-state index contributed by atoms with van der Waals surface area (Å²) in [5.41, 5.74) is 0.764. The van der Waals surface area contributed by atoms with Crippen LogP contribution in [0.1, 0.15) is 15.5 Å². The second-order valence-electron chi connectivity index (χ2n) is 5.47. The Hall–Kier alpha value is -3.19. The Balaban J connectivity index is 1.43. The smallest absolute Gasteiger partial charge is 0.348 e. The molecule has 0 radical (unpaired) electrons. The van der Waals surface area contributed by atoms with E-state index < -0.39 is 5.97 Å². The summed E-state index contributed by atoms with van der Waals surface area (Å²) in [6.07, 6.45) is 0. The Morgan fingerprint density at radius 1 is 1.15 bits per heavy atom. The van der Waals surface area contributed by atoms with Gasteiger partial charge in [-0.05, 0) is 41.8 Å². The van der Waals surface area contributed by atoms with Crippen molar-refractivity contribution in [3.63, 3.8) is 0 Å². The molecule has 0 saturated heterocycles. The number of ether oxygens (including phenoxy) is 2. The number of carbonyl (C=O) groups is 1. The number of hydrogen-bond donors (Lipinski definition) is 0. The lowest BCUT2D eigenvalue weighted by Gasteiger charge is -1.99. The lowest BCUT2D eigenvalue weighted by molar-refractivity contribution is 0.0465. The van der Waals surface area contributed by atoms with Gasteiger partial charge in [-0.1, -0.05) is 23.4 Å². The maximum absolute atomic E-state index is 12.2. The lowest BCUT2D eigenvalue weighted by Crippen LogP contribution is -2.04. The highest BCUT2D eigenvalue weighted by atomic mass is 32.1. The molecule has 0 bridgehead atoms. The number of hydrogen-bond acceptors (Lipinski definition) is 7. The van der Waals surface area contributed by atoms with Gasteiger partial charge in [0.25, 0.3) is 5.89 Å². The molecule has 26 heavy (non-hydrogen) atoms. The van der Waals surface area contributed by atoms with E-state index in [1.54, 1.807) is 19.2 Å². The summed E-state index contributed by atoms with van der Waals surface area (Å²) in [5.74, 6) is 1.01. The molecule has 2 heterocycles. The third kappa shape index (κ3) is 3.29. The average Bonchev–Trinajstić information content (AvgIpc) is 3.33. The molecule has 130 valence electrons. The number of aromatic nitrogens is 2. The maximum atomic E-state index is 12.2. The summed E-state index contributed by atoms with van der Waals surface area (Å²) in [7, 11) is 1.60. The summed E-state index contributed by atoms with van der Waals surface area (Å²) in [5, 5.41) is 4.87.